The van der Waals surface area contributed by atoms with Crippen LogP contribution in [0.2, 0.25) is 0 Å². The highest BCUT2D eigenvalue weighted by atomic mass is 32.2. The Morgan fingerprint density at radius 2 is 1.88 bits per heavy atom. The summed E-state index contributed by atoms with van der Waals surface area (Å²) < 4.78 is 58.3. The van der Waals surface area contributed by atoms with E-state index in [0.717, 1.165) is 12.3 Å². The molecule has 1 aromatic carbocycles. The summed E-state index contributed by atoms with van der Waals surface area (Å²) in [5.74, 6) is -1.90. The predicted molar refractivity (Wildman–Crippen MR) is 54.3 cm³/mol. The number of benzene rings is 1. The molecule has 0 heterocycles. The fraction of sp³-hybridized carbons (Fsp3) is 0.300. The maximum atomic E-state index is 12.0. The number of hydrogen-bond acceptors (Lipinski definition) is 3. The number of halogens is 3. The second kappa shape index (κ2) is 4.48. The van der Waals surface area contributed by atoms with Crippen molar-refractivity contribution in [3.05, 3.63) is 29.8 Å². The van der Waals surface area contributed by atoms with Crippen LogP contribution in [0.3, 0.4) is 0 Å². The molecule has 1 aromatic rings. The standard InChI is InChI=1S/C10H9F3O3S/c1-17(15,16)8-4-2-3-7(5-8)6-9(14)10(11,12)13/h2-5H,6H2,1H3. The zero-order valence-electron chi connectivity index (χ0n) is 8.78. The van der Waals surface area contributed by atoms with E-state index in [0.29, 0.717) is 0 Å². The van der Waals surface area contributed by atoms with Crippen molar-refractivity contribution in [2.75, 3.05) is 6.26 Å². The third kappa shape index (κ3) is 3.85. The Morgan fingerprint density at radius 3 is 2.35 bits per heavy atom. The molecule has 0 saturated heterocycles. The van der Waals surface area contributed by atoms with Crippen LogP contribution >= 0.6 is 0 Å². The van der Waals surface area contributed by atoms with Crippen LogP contribution < -0.4 is 0 Å². The molecule has 0 aliphatic heterocycles. The number of rotatable bonds is 3. The molecular weight excluding hydrogens is 257 g/mol. The molecule has 0 amide bonds. The average molecular weight is 266 g/mol. The molecule has 0 unspecified atom stereocenters. The monoisotopic (exact) mass is 266 g/mol. The smallest absolute Gasteiger partial charge is 0.289 e. The van der Waals surface area contributed by atoms with E-state index in [1.54, 1.807) is 0 Å². The van der Waals surface area contributed by atoms with Gasteiger partial charge in [-0.05, 0) is 17.7 Å². The Balaban J connectivity index is 2.99. The van der Waals surface area contributed by atoms with Gasteiger partial charge in [-0.15, -0.1) is 0 Å². The van der Waals surface area contributed by atoms with Gasteiger partial charge >= 0.3 is 6.18 Å². The molecule has 1 rings (SSSR count). The summed E-state index contributed by atoms with van der Waals surface area (Å²) in [6, 6.07) is 4.91. The summed E-state index contributed by atoms with van der Waals surface area (Å²) >= 11 is 0. The molecule has 0 atom stereocenters. The van der Waals surface area contributed by atoms with Gasteiger partial charge < -0.3 is 0 Å². The topological polar surface area (TPSA) is 51.2 Å². The van der Waals surface area contributed by atoms with Gasteiger partial charge in [0.25, 0.3) is 0 Å². The number of carbonyl (C=O) groups excluding carboxylic acids is 1. The largest absolute Gasteiger partial charge is 0.450 e. The van der Waals surface area contributed by atoms with E-state index >= 15 is 0 Å². The molecule has 0 N–H and O–H groups in total. The van der Waals surface area contributed by atoms with E-state index < -0.39 is 28.2 Å². The van der Waals surface area contributed by atoms with Crippen molar-refractivity contribution in [2.45, 2.75) is 17.5 Å². The molecule has 94 valence electrons. The first-order valence-corrected chi connectivity index (χ1v) is 6.39. The van der Waals surface area contributed by atoms with Gasteiger partial charge in [0.1, 0.15) is 0 Å². The van der Waals surface area contributed by atoms with Gasteiger partial charge in [-0.1, -0.05) is 12.1 Å². The molecule has 0 spiro atoms. The minimum Gasteiger partial charge on any atom is -0.289 e. The van der Waals surface area contributed by atoms with Crippen LogP contribution in [0, 0.1) is 0 Å². The number of Topliss-reactive ketones (excluding diaryl/α,β-unsaturated/α-hetero) is 1. The SMILES string of the molecule is CS(=O)(=O)c1cccc(CC(=O)C(F)(F)F)c1. The van der Waals surface area contributed by atoms with Crippen LogP contribution in [-0.4, -0.2) is 26.6 Å². The first kappa shape index (κ1) is 13.7. The highest BCUT2D eigenvalue weighted by Gasteiger charge is 2.37. The third-order valence-electron chi connectivity index (χ3n) is 2.01. The lowest BCUT2D eigenvalue weighted by Gasteiger charge is -2.06. The van der Waals surface area contributed by atoms with Crippen molar-refractivity contribution in [1.82, 2.24) is 0 Å². The molecular formula is C10H9F3O3S. The number of hydrogen-bond donors (Lipinski definition) is 0. The van der Waals surface area contributed by atoms with Crippen LogP contribution in [0.1, 0.15) is 5.56 Å². The molecule has 0 fully saturated rings. The van der Waals surface area contributed by atoms with Crippen LogP contribution in [-0.2, 0) is 21.1 Å². The molecule has 7 heteroatoms. The zero-order valence-corrected chi connectivity index (χ0v) is 9.60. The van der Waals surface area contributed by atoms with E-state index in [-0.39, 0.29) is 10.5 Å². The van der Waals surface area contributed by atoms with Crippen LogP contribution in [0.5, 0.6) is 0 Å². The lowest BCUT2D eigenvalue weighted by Crippen LogP contribution is -2.24. The van der Waals surface area contributed by atoms with Crippen molar-refractivity contribution < 1.29 is 26.4 Å². The summed E-state index contributed by atoms with van der Waals surface area (Å²) in [4.78, 5) is 10.6. The third-order valence-corrected chi connectivity index (χ3v) is 3.12. The first-order valence-electron chi connectivity index (χ1n) is 4.50. The molecule has 0 radical (unpaired) electrons. The first-order chi connectivity index (χ1) is 7.60. The molecule has 0 aliphatic carbocycles. The summed E-state index contributed by atoms with van der Waals surface area (Å²) in [5, 5.41) is 0. The quantitative estimate of drug-likeness (QED) is 0.837. The van der Waals surface area contributed by atoms with Gasteiger partial charge in [0, 0.05) is 12.7 Å². The van der Waals surface area contributed by atoms with Crippen LogP contribution in [0.15, 0.2) is 29.2 Å². The molecule has 3 nitrogen and oxygen atoms in total. The van der Waals surface area contributed by atoms with Gasteiger partial charge in [-0.2, -0.15) is 13.2 Å². The maximum Gasteiger partial charge on any atom is 0.450 e. The average Bonchev–Trinajstić information content (AvgIpc) is 2.15. The van der Waals surface area contributed by atoms with E-state index in [1.165, 1.54) is 18.2 Å². The van der Waals surface area contributed by atoms with Crippen molar-refractivity contribution in [3.8, 4) is 0 Å². The Kier molecular flexibility index (Phi) is 3.61. The Hall–Kier alpha value is -1.37. The lowest BCUT2D eigenvalue weighted by atomic mass is 10.1. The highest BCUT2D eigenvalue weighted by molar-refractivity contribution is 7.90. The maximum absolute atomic E-state index is 12.0. The van der Waals surface area contributed by atoms with E-state index in [9.17, 15) is 26.4 Å². The second-order valence-electron chi connectivity index (χ2n) is 3.52. The zero-order chi connectivity index (χ0) is 13.3. The summed E-state index contributed by atoms with van der Waals surface area (Å²) in [6.45, 7) is 0. The van der Waals surface area contributed by atoms with Crippen LogP contribution in [0.25, 0.3) is 0 Å². The lowest BCUT2D eigenvalue weighted by molar-refractivity contribution is -0.170. The van der Waals surface area contributed by atoms with Crippen molar-refractivity contribution >= 4 is 15.6 Å². The van der Waals surface area contributed by atoms with Gasteiger partial charge in [-0.3, -0.25) is 4.79 Å². The number of alkyl halides is 3. The number of sulfone groups is 1. The Morgan fingerprint density at radius 1 is 1.29 bits per heavy atom. The van der Waals surface area contributed by atoms with Crippen molar-refractivity contribution in [2.24, 2.45) is 0 Å². The summed E-state index contributed by atoms with van der Waals surface area (Å²) in [6.07, 6.45) is -4.81. The molecule has 0 aromatic heterocycles. The molecule has 0 saturated carbocycles. The minimum atomic E-state index is -4.90. The van der Waals surface area contributed by atoms with Gasteiger partial charge in [0.05, 0.1) is 4.90 Å². The number of ketones is 1. The normalized spacial score (nSPS) is 12.5. The van der Waals surface area contributed by atoms with Gasteiger partial charge in [-0.25, -0.2) is 8.42 Å². The summed E-state index contributed by atoms with van der Waals surface area (Å²) in [5.41, 5.74) is 0.0234. The fourth-order valence-corrected chi connectivity index (χ4v) is 1.86. The minimum absolute atomic E-state index is 0.0234. The van der Waals surface area contributed by atoms with Crippen molar-refractivity contribution in [3.63, 3.8) is 0 Å². The molecule has 0 aliphatic rings. The number of carbonyl (C=O) groups is 1. The van der Waals surface area contributed by atoms with Gasteiger partial charge in [0.15, 0.2) is 9.84 Å². The Labute approximate surface area is 96.2 Å². The predicted octanol–water partition coefficient (Wildman–Crippen LogP) is 1.76. The van der Waals surface area contributed by atoms with Crippen molar-refractivity contribution in [1.29, 1.82) is 0 Å². The Bertz CT molecular complexity index is 532. The summed E-state index contributed by atoms with van der Waals surface area (Å²) in [7, 11) is -3.49. The van der Waals surface area contributed by atoms with Gasteiger partial charge in [0.2, 0.25) is 5.78 Å². The highest BCUT2D eigenvalue weighted by Crippen LogP contribution is 2.20. The van der Waals surface area contributed by atoms with Crippen LogP contribution in [0.4, 0.5) is 13.2 Å². The molecule has 17 heavy (non-hydrogen) atoms. The molecule has 0 bridgehead atoms. The second-order valence-corrected chi connectivity index (χ2v) is 5.53. The fourth-order valence-electron chi connectivity index (χ4n) is 1.17. The van der Waals surface area contributed by atoms with E-state index in [4.69, 9.17) is 0 Å². The van der Waals surface area contributed by atoms with E-state index in [2.05, 4.69) is 0 Å². The van der Waals surface area contributed by atoms with E-state index in [1.807, 2.05) is 0 Å².